The van der Waals surface area contributed by atoms with E-state index in [4.69, 9.17) is 4.42 Å². The van der Waals surface area contributed by atoms with E-state index in [0.29, 0.717) is 18.7 Å². The van der Waals surface area contributed by atoms with Crippen LogP contribution < -0.4 is 5.32 Å². The monoisotopic (exact) mass is 331 g/mol. The van der Waals surface area contributed by atoms with Crippen molar-refractivity contribution in [1.29, 1.82) is 0 Å². The Morgan fingerprint density at radius 3 is 2.62 bits per heavy atom. The summed E-state index contributed by atoms with van der Waals surface area (Å²) in [6.45, 7) is 1.11. The fourth-order valence-corrected chi connectivity index (χ4v) is 1.87. The van der Waals surface area contributed by atoms with Crippen molar-refractivity contribution in [2.24, 2.45) is 0 Å². The van der Waals surface area contributed by atoms with Crippen molar-refractivity contribution in [1.82, 2.24) is 5.32 Å². The summed E-state index contributed by atoms with van der Waals surface area (Å²) in [5.74, 6) is 0.685. The van der Waals surface area contributed by atoms with Crippen LogP contribution in [0.25, 0.3) is 0 Å². The van der Waals surface area contributed by atoms with Crippen LogP contribution in [0.15, 0.2) is 40.8 Å². The summed E-state index contributed by atoms with van der Waals surface area (Å²) in [6.07, 6.45) is 0. The lowest BCUT2D eigenvalue weighted by molar-refractivity contribution is 0.460. The van der Waals surface area contributed by atoms with Gasteiger partial charge >= 0.3 is 0 Å². The number of hydrogen-bond acceptors (Lipinski definition) is 2. The van der Waals surface area contributed by atoms with Gasteiger partial charge < -0.3 is 9.73 Å². The molecular formula is C12H11FINO. The summed E-state index contributed by atoms with van der Waals surface area (Å²) < 4.78 is 19.5. The molecule has 0 bridgehead atoms. The van der Waals surface area contributed by atoms with Crippen LogP contribution in [0.3, 0.4) is 0 Å². The van der Waals surface area contributed by atoms with Crippen LogP contribution >= 0.6 is 22.6 Å². The first-order valence-electron chi connectivity index (χ1n) is 4.94. The van der Waals surface area contributed by atoms with Crippen LogP contribution in [0.5, 0.6) is 0 Å². The van der Waals surface area contributed by atoms with E-state index >= 15 is 0 Å². The Morgan fingerprint density at radius 1 is 1.12 bits per heavy atom. The fourth-order valence-electron chi connectivity index (χ4n) is 1.41. The Bertz CT molecular complexity index is 470. The molecule has 0 saturated heterocycles. The second kappa shape index (κ2) is 5.45. The number of nitrogens with one attached hydrogen (secondary N) is 1. The van der Waals surface area contributed by atoms with E-state index in [2.05, 4.69) is 27.9 Å². The first-order valence-corrected chi connectivity index (χ1v) is 6.02. The normalized spacial score (nSPS) is 10.6. The van der Waals surface area contributed by atoms with Gasteiger partial charge in [-0.1, -0.05) is 18.2 Å². The van der Waals surface area contributed by atoms with Gasteiger partial charge in [0.1, 0.15) is 11.6 Å². The quantitative estimate of drug-likeness (QED) is 0.870. The molecular weight excluding hydrogens is 320 g/mol. The minimum absolute atomic E-state index is 0.177. The molecule has 0 aliphatic heterocycles. The fraction of sp³-hybridized carbons (Fsp3) is 0.167. The van der Waals surface area contributed by atoms with Crippen molar-refractivity contribution in [2.75, 3.05) is 0 Å². The Kier molecular flexibility index (Phi) is 3.95. The summed E-state index contributed by atoms with van der Waals surface area (Å²) in [7, 11) is 0. The molecule has 2 rings (SSSR count). The predicted octanol–water partition coefficient (Wildman–Crippen LogP) is 3.31. The minimum atomic E-state index is -0.177. The molecule has 2 nitrogen and oxygen atoms in total. The third kappa shape index (κ3) is 3.05. The highest BCUT2D eigenvalue weighted by Crippen LogP contribution is 2.10. The maximum Gasteiger partial charge on any atom is 0.164 e. The average molecular weight is 331 g/mol. The third-order valence-electron chi connectivity index (χ3n) is 2.20. The van der Waals surface area contributed by atoms with E-state index in [0.717, 1.165) is 9.53 Å². The molecule has 0 aliphatic rings. The molecule has 4 heteroatoms. The van der Waals surface area contributed by atoms with Gasteiger partial charge in [-0.25, -0.2) is 4.39 Å². The van der Waals surface area contributed by atoms with Crippen LogP contribution in [0.1, 0.15) is 11.3 Å². The van der Waals surface area contributed by atoms with Gasteiger partial charge in [-0.15, -0.1) is 0 Å². The minimum Gasteiger partial charge on any atom is -0.454 e. The van der Waals surface area contributed by atoms with Crippen molar-refractivity contribution >= 4 is 22.6 Å². The zero-order valence-electron chi connectivity index (χ0n) is 8.54. The van der Waals surface area contributed by atoms with Gasteiger partial charge in [0, 0.05) is 12.1 Å². The first-order chi connectivity index (χ1) is 7.75. The van der Waals surface area contributed by atoms with E-state index in [1.54, 1.807) is 12.1 Å². The van der Waals surface area contributed by atoms with Crippen LogP contribution in [0.2, 0.25) is 0 Å². The van der Waals surface area contributed by atoms with Crippen LogP contribution in [0.4, 0.5) is 4.39 Å². The molecule has 1 aromatic heterocycles. The zero-order valence-corrected chi connectivity index (χ0v) is 10.7. The van der Waals surface area contributed by atoms with Gasteiger partial charge in [0.15, 0.2) is 3.77 Å². The topological polar surface area (TPSA) is 25.2 Å². The maximum atomic E-state index is 13.3. The standard InChI is InChI=1S/C12H11FINO/c13-11-4-2-1-3-9(11)7-15-8-10-5-6-12(14)16-10/h1-6,15H,7-8H2. The Balaban J connectivity index is 1.87. The lowest BCUT2D eigenvalue weighted by Crippen LogP contribution is -2.13. The number of furan rings is 1. The Morgan fingerprint density at radius 2 is 1.94 bits per heavy atom. The second-order valence-corrected chi connectivity index (χ2v) is 4.46. The maximum absolute atomic E-state index is 13.3. The van der Waals surface area contributed by atoms with Gasteiger partial charge in [-0.2, -0.15) is 0 Å². The van der Waals surface area contributed by atoms with Gasteiger partial charge in [0.05, 0.1) is 6.54 Å². The second-order valence-electron chi connectivity index (χ2n) is 3.40. The van der Waals surface area contributed by atoms with E-state index in [9.17, 15) is 4.39 Å². The summed E-state index contributed by atoms with van der Waals surface area (Å²) >= 11 is 2.11. The summed E-state index contributed by atoms with van der Waals surface area (Å²) in [4.78, 5) is 0. The molecule has 16 heavy (non-hydrogen) atoms. The third-order valence-corrected chi connectivity index (χ3v) is 2.78. The molecule has 1 aromatic carbocycles. The molecule has 2 aromatic rings. The van der Waals surface area contributed by atoms with Crippen molar-refractivity contribution < 1.29 is 8.81 Å². The molecule has 0 spiro atoms. The molecule has 0 unspecified atom stereocenters. The molecule has 84 valence electrons. The summed E-state index contributed by atoms with van der Waals surface area (Å²) in [5, 5.41) is 3.14. The van der Waals surface area contributed by atoms with Crippen LogP contribution in [-0.2, 0) is 13.1 Å². The highest BCUT2D eigenvalue weighted by Gasteiger charge is 2.01. The van der Waals surface area contributed by atoms with E-state index in [-0.39, 0.29) is 5.82 Å². The molecule has 0 aliphatic carbocycles. The molecule has 1 N–H and O–H groups in total. The number of hydrogen-bond donors (Lipinski definition) is 1. The van der Waals surface area contributed by atoms with Gasteiger partial charge in [-0.05, 0) is 40.8 Å². The lowest BCUT2D eigenvalue weighted by atomic mass is 10.2. The van der Waals surface area contributed by atoms with Gasteiger partial charge in [-0.3, -0.25) is 0 Å². The lowest BCUT2D eigenvalue weighted by Gasteiger charge is -2.03. The largest absolute Gasteiger partial charge is 0.454 e. The van der Waals surface area contributed by atoms with Gasteiger partial charge in [0.2, 0.25) is 0 Å². The first kappa shape index (κ1) is 11.6. The van der Waals surface area contributed by atoms with Crippen molar-refractivity contribution in [3.63, 3.8) is 0 Å². The Hall–Kier alpha value is -0.880. The molecule has 0 amide bonds. The van der Waals surface area contributed by atoms with Crippen LogP contribution in [-0.4, -0.2) is 0 Å². The molecule has 0 radical (unpaired) electrons. The Labute approximate surface area is 107 Å². The summed E-state index contributed by atoms with van der Waals surface area (Å²) in [6, 6.07) is 10.6. The van der Waals surface area contributed by atoms with Crippen molar-refractivity contribution in [3.8, 4) is 0 Å². The number of benzene rings is 1. The zero-order chi connectivity index (χ0) is 11.4. The van der Waals surface area contributed by atoms with Crippen molar-refractivity contribution in [3.05, 3.63) is 57.3 Å². The predicted molar refractivity (Wildman–Crippen MR) is 68.4 cm³/mol. The number of halogens is 2. The van der Waals surface area contributed by atoms with Crippen LogP contribution in [0, 0.1) is 9.58 Å². The SMILES string of the molecule is Fc1ccccc1CNCc1ccc(I)o1. The molecule has 0 atom stereocenters. The van der Waals surface area contributed by atoms with E-state index in [1.807, 2.05) is 18.2 Å². The highest BCUT2D eigenvalue weighted by atomic mass is 127. The van der Waals surface area contributed by atoms with Gasteiger partial charge in [0.25, 0.3) is 0 Å². The van der Waals surface area contributed by atoms with E-state index < -0.39 is 0 Å². The summed E-state index contributed by atoms with van der Waals surface area (Å²) in [5.41, 5.74) is 0.670. The van der Waals surface area contributed by atoms with E-state index in [1.165, 1.54) is 6.07 Å². The highest BCUT2D eigenvalue weighted by molar-refractivity contribution is 14.1. The molecule has 0 fully saturated rings. The smallest absolute Gasteiger partial charge is 0.164 e. The average Bonchev–Trinajstić information content (AvgIpc) is 2.67. The molecule has 0 saturated carbocycles. The number of rotatable bonds is 4. The van der Waals surface area contributed by atoms with Crippen molar-refractivity contribution in [2.45, 2.75) is 13.1 Å². The molecule has 1 heterocycles.